The summed E-state index contributed by atoms with van der Waals surface area (Å²) in [6, 6.07) is 3.95. The first-order valence-corrected chi connectivity index (χ1v) is 7.18. The second kappa shape index (κ2) is 7.04. The van der Waals surface area contributed by atoms with Crippen LogP contribution in [0, 0.1) is 19.7 Å². The first kappa shape index (κ1) is 16.7. The molecule has 0 bridgehead atoms. The molecular formula is C16H18FN3O3. The second-order valence-corrected chi connectivity index (χ2v) is 5.20. The van der Waals surface area contributed by atoms with Crippen molar-refractivity contribution < 1.29 is 19.4 Å². The molecule has 0 unspecified atom stereocenters. The smallest absolute Gasteiger partial charge is 0.339 e. The highest BCUT2D eigenvalue weighted by Crippen LogP contribution is 2.17. The van der Waals surface area contributed by atoms with Crippen molar-refractivity contribution in [1.29, 1.82) is 0 Å². The number of carboxylic acids is 1. The summed E-state index contributed by atoms with van der Waals surface area (Å²) in [6.07, 6.45) is 1.07. The zero-order valence-electron chi connectivity index (χ0n) is 12.9. The van der Waals surface area contributed by atoms with Gasteiger partial charge in [0.1, 0.15) is 17.1 Å². The van der Waals surface area contributed by atoms with Crippen molar-refractivity contribution in [3.8, 4) is 5.75 Å². The fraction of sp³-hybridized carbons (Fsp3) is 0.312. The SMILES string of the molecule is Cc1nc(NCCCc2cc(O)ccc2F)nc(C)c1C(=O)O. The lowest BCUT2D eigenvalue weighted by atomic mass is 10.1. The van der Waals surface area contributed by atoms with Crippen molar-refractivity contribution in [3.63, 3.8) is 0 Å². The number of nitrogens with one attached hydrogen (secondary N) is 1. The number of phenolic OH excluding ortho intramolecular Hbond substituents is 1. The van der Waals surface area contributed by atoms with Gasteiger partial charge in [0.2, 0.25) is 5.95 Å². The van der Waals surface area contributed by atoms with Gasteiger partial charge >= 0.3 is 5.97 Å². The number of anilines is 1. The van der Waals surface area contributed by atoms with Crippen LogP contribution in [0.4, 0.5) is 10.3 Å². The number of aryl methyl sites for hydroxylation is 3. The number of benzene rings is 1. The minimum absolute atomic E-state index is 0.0354. The first-order valence-electron chi connectivity index (χ1n) is 7.18. The van der Waals surface area contributed by atoms with Gasteiger partial charge < -0.3 is 15.5 Å². The number of hydrogen-bond donors (Lipinski definition) is 3. The van der Waals surface area contributed by atoms with Crippen LogP contribution in [-0.4, -0.2) is 32.7 Å². The molecule has 0 spiro atoms. The first-order chi connectivity index (χ1) is 10.9. The molecule has 0 atom stereocenters. The molecule has 7 heteroatoms. The Hall–Kier alpha value is -2.70. The topological polar surface area (TPSA) is 95.3 Å². The van der Waals surface area contributed by atoms with Crippen LogP contribution in [0.5, 0.6) is 5.75 Å². The van der Waals surface area contributed by atoms with Crippen molar-refractivity contribution in [3.05, 3.63) is 46.5 Å². The fourth-order valence-corrected chi connectivity index (χ4v) is 2.34. The van der Waals surface area contributed by atoms with Gasteiger partial charge in [-0.05, 0) is 50.5 Å². The number of aromatic hydroxyl groups is 1. The van der Waals surface area contributed by atoms with E-state index in [1.165, 1.54) is 18.2 Å². The van der Waals surface area contributed by atoms with E-state index in [0.29, 0.717) is 42.3 Å². The molecule has 122 valence electrons. The third-order valence-electron chi connectivity index (χ3n) is 3.42. The number of aromatic carboxylic acids is 1. The van der Waals surface area contributed by atoms with Gasteiger partial charge in [-0.2, -0.15) is 0 Å². The number of carboxylic acid groups (broad SMARTS) is 1. The molecular weight excluding hydrogens is 301 g/mol. The minimum atomic E-state index is -1.05. The van der Waals surface area contributed by atoms with E-state index >= 15 is 0 Å². The number of hydrogen-bond acceptors (Lipinski definition) is 5. The van der Waals surface area contributed by atoms with E-state index in [9.17, 15) is 14.3 Å². The maximum absolute atomic E-state index is 13.5. The van der Waals surface area contributed by atoms with Gasteiger partial charge in [0.25, 0.3) is 0 Å². The summed E-state index contributed by atoms with van der Waals surface area (Å²) in [5, 5.41) is 21.4. The van der Waals surface area contributed by atoms with Gasteiger partial charge in [-0.15, -0.1) is 0 Å². The molecule has 0 amide bonds. The molecule has 3 N–H and O–H groups in total. The predicted molar refractivity (Wildman–Crippen MR) is 83.3 cm³/mol. The van der Waals surface area contributed by atoms with E-state index in [4.69, 9.17) is 5.11 Å². The third-order valence-corrected chi connectivity index (χ3v) is 3.42. The summed E-state index contributed by atoms with van der Waals surface area (Å²) in [5.74, 6) is -1.02. The third kappa shape index (κ3) is 4.15. The van der Waals surface area contributed by atoms with Crippen LogP contribution in [0.25, 0.3) is 0 Å². The van der Waals surface area contributed by atoms with Crippen LogP contribution in [-0.2, 0) is 6.42 Å². The minimum Gasteiger partial charge on any atom is -0.508 e. The van der Waals surface area contributed by atoms with Crippen molar-refractivity contribution in [1.82, 2.24) is 9.97 Å². The highest BCUT2D eigenvalue weighted by Gasteiger charge is 2.14. The zero-order valence-corrected chi connectivity index (χ0v) is 12.9. The lowest BCUT2D eigenvalue weighted by Gasteiger charge is -2.09. The number of nitrogens with zero attached hydrogens (tertiary/aromatic N) is 2. The average molecular weight is 319 g/mol. The van der Waals surface area contributed by atoms with Crippen molar-refractivity contribution in [2.24, 2.45) is 0 Å². The highest BCUT2D eigenvalue weighted by molar-refractivity contribution is 5.90. The van der Waals surface area contributed by atoms with Crippen molar-refractivity contribution in [2.45, 2.75) is 26.7 Å². The normalized spacial score (nSPS) is 10.6. The Morgan fingerprint density at radius 2 is 1.91 bits per heavy atom. The molecule has 0 aliphatic heterocycles. The molecule has 0 saturated carbocycles. The summed E-state index contributed by atoms with van der Waals surface area (Å²) < 4.78 is 13.5. The highest BCUT2D eigenvalue weighted by atomic mass is 19.1. The van der Waals surface area contributed by atoms with E-state index in [1.807, 2.05) is 0 Å². The molecule has 6 nitrogen and oxygen atoms in total. The largest absolute Gasteiger partial charge is 0.508 e. The molecule has 23 heavy (non-hydrogen) atoms. The molecule has 1 aromatic heterocycles. The van der Waals surface area contributed by atoms with Crippen LogP contribution < -0.4 is 5.32 Å². The Bertz CT molecular complexity index is 712. The number of phenols is 1. The molecule has 0 fully saturated rings. The molecule has 2 aromatic rings. The molecule has 1 heterocycles. The summed E-state index contributed by atoms with van der Waals surface area (Å²) in [7, 11) is 0. The fourth-order valence-electron chi connectivity index (χ4n) is 2.34. The molecule has 0 saturated heterocycles. The quantitative estimate of drug-likeness (QED) is 0.709. The van der Waals surface area contributed by atoms with E-state index in [-0.39, 0.29) is 17.1 Å². The van der Waals surface area contributed by atoms with Crippen LogP contribution >= 0.6 is 0 Å². The zero-order chi connectivity index (χ0) is 17.0. The van der Waals surface area contributed by atoms with Crippen LogP contribution in [0.1, 0.15) is 33.7 Å². The summed E-state index contributed by atoms with van der Waals surface area (Å²) in [4.78, 5) is 19.3. The van der Waals surface area contributed by atoms with Gasteiger partial charge in [-0.25, -0.2) is 19.2 Å². The molecule has 0 aliphatic carbocycles. The summed E-state index contributed by atoms with van der Waals surface area (Å²) in [5.41, 5.74) is 1.34. The summed E-state index contributed by atoms with van der Waals surface area (Å²) in [6.45, 7) is 3.73. The van der Waals surface area contributed by atoms with Crippen molar-refractivity contribution in [2.75, 3.05) is 11.9 Å². The van der Waals surface area contributed by atoms with Gasteiger partial charge in [-0.1, -0.05) is 0 Å². The van der Waals surface area contributed by atoms with Gasteiger partial charge in [0.15, 0.2) is 0 Å². The monoisotopic (exact) mass is 319 g/mol. The number of rotatable bonds is 6. The van der Waals surface area contributed by atoms with Gasteiger partial charge in [-0.3, -0.25) is 0 Å². The molecule has 2 rings (SSSR count). The standard InChI is InChI=1S/C16H18FN3O3/c1-9-14(15(22)23)10(2)20-16(19-9)18-7-3-4-11-8-12(21)5-6-13(11)17/h5-6,8,21H,3-4,7H2,1-2H3,(H,22,23)(H,18,19,20). The Balaban J connectivity index is 1.94. The lowest BCUT2D eigenvalue weighted by molar-refractivity contribution is 0.0694. The number of halogens is 1. The van der Waals surface area contributed by atoms with Gasteiger partial charge in [0, 0.05) is 6.54 Å². The lowest BCUT2D eigenvalue weighted by Crippen LogP contribution is -2.12. The van der Waals surface area contributed by atoms with E-state index in [1.54, 1.807) is 13.8 Å². The maximum Gasteiger partial charge on any atom is 0.339 e. The number of carbonyl (C=O) groups is 1. The molecule has 1 aromatic carbocycles. The second-order valence-electron chi connectivity index (χ2n) is 5.20. The van der Waals surface area contributed by atoms with Crippen LogP contribution in [0.15, 0.2) is 18.2 Å². The van der Waals surface area contributed by atoms with Crippen LogP contribution in [0.3, 0.4) is 0 Å². The Labute approximate surface area is 133 Å². The van der Waals surface area contributed by atoms with Crippen molar-refractivity contribution >= 4 is 11.9 Å². The Morgan fingerprint density at radius 1 is 1.26 bits per heavy atom. The predicted octanol–water partition coefficient (Wildman–Crippen LogP) is 2.68. The van der Waals surface area contributed by atoms with E-state index < -0.39 is 5.97 Å². The van der Waals surface area contributed by atoms with E-state index in [0.717, 1.165) is 0 Å². The average Bonchev–Trinajstić information content (AvgIpc) is 2.46. The van der Waals surface area contributed by atoms with Crippen LogP contribution in [0.2, 0.25) is 0 Å². The molecule has 0 aliphatic rings. The Kier molecular flexibility index (Phi) is 5.10. The van der Waals surface area contributed by atoms with Gasteiger partial charge in [0.05, 0.1) is 11.4 Å². The number of aromatic nitrogens is 2. The molecule has 0 radical (unpaired) electrons. The summed E-state index contributed by atoms with van der Waals surface area (Å²) >= 11 is 0. The maximum atomic E-state index is 13.5. The Morgan fingerprint density at radius 3 is 2.52 bits per heavy atom. The van der Waals surface area contributed by atoms with E-state index in [2.05, 4.69) is 15.3 Å².